The molecular formula is C59H44N4. The predicted molar refractivity (Wildman–Crippen MR) is 265 cm³/mol. The summed E-state index contributed by atoms with van der Waals surface area (Å²) in [5.74, 6) is 0. The van der Waals surface area contributed by atoms with E-state index in [-0.39, 0.29) is 0 Å². The van der Waals surface area contributed by atoms with Gasteiger partial charge in [0.05, 0.1) is 11.1 Å². The molecule has 9 aromatic carbocycles. The van der Waals surface area contributed by atoms with Gasteiger partial charge in [0.1, 0.15) is 12.1 Å². The Kier molecular flexibility index (Phi) is 11.5. The molecule has 9 rings (SSSR count). The number of hydrogen-bond acceptors (Lipinski definition) is 4. The van der Waals surface area contributed by atoms with Crippen molar-refractivity contribution in [2.24, 2.45) is 0 Å². The van der Waals surface area contributed by atoms with Crippen molar-refractivity contribution in [3.8, 4) is 12.1 Å². The van der Waals surface area contributed by atoms with Crippen LogP contribution in [0, 0.1) is 36.5 Å². The molecule has 0 bridgehead atoms. The fourth-order valence-corrected chi connectivity index (χ4v) is 8.14. The van der Waals surface area contributed by atoms with E-state index in [9.17, 15) is 10.5 Å². The highest BCUT2D eigenvalue weighted by Gasteiger charge is 2.16. The zero-order chi connectivity index (χ0) is 43.1. The molecule has 0 aromatic heterocycles. The average molecular weight is 809 g/mol. The number of hydrogen-bond donors (Lipinski definition) is 0. The molecule has 0 fully saturated rings. The fraction of sp³-hybridized carbons (Fsp3) is 0.0508. The summed E-state index contributed by atoms with van der Waals surface area (Å²) >= 11 is 0. The monoisotopic (exact) mass is 808 g/mol. The van der Waals surface area contributed by atoms with Gasteiger partial charge in [-0.3, -0.25) is 0 Å². The third kappa shape index (κ3) is 8.75. The minimum Gasteiger partial charge on any atom is -0.337 e. The standard InChI is InChI=1S/C59H44N4/c1-42-13-27-49(28-14-42)62(41-48-9-5-3-6-10-48)50-31-21-44(22-32-50)17-19-46-25-35-54-56(37-46)58(39-60)55-36-26-47(38-57(55)59(54)40-61)20-18-45-23-33-53(34-24-45)63(51-11-7-4-8-12-51)52-29-15-43(2)16-30-52/h3-38H,41H2,1-2H3/b19-17-,20-18-. The summed E-state index contributed by atoms with van der Waals surface area (Å²) in [5, 5.41) is 24.1. The first kappa shape index (κ1) is 40.0. The lowest BCUT2D eigenvalue weighted by molar-refractivity contribution is 0.975. The van der Waals surface area contributed by atoms with Crippen LogP contribution in [0.25, 0.3) is 45.8 Å². The Morgan fingerprint density at radius 3 is 1.21 bits per heavy atom. The highest BCUT2D eigenvalue weighted by molar-refractivity contribution is 6.10. The van der Waals surface area contributed by atoms with Crippen LogP contribution in [0.15, 0.2) is 194 Å². The summed E-state index contributed by atoms with van der Waals surface area (Å²) in [6.45, 7) is 4.97. The van der Waals surface area contributed by atoms with E-state index in [1.165, 1.54) is 16.7 Å². The summed E-state index contributed by atoms with van der Waals surface area (Å²) in [7, 11) is 0. The third-order valence-electron chi connectivity index (χ3n) is 11.5. The maximum Gasteiger partial charge on any atom is 0.100 e. The van der Waals surface area contributed by atoms with Gasteiger partial charge >= 0.3 is 0 Å². The van der Waals surface area contributed by atoms with Crippen LogP contribution in [0.3, 0.4) is 0 Å². The normalized spacial score (nSPS) is 11.2. The number of anilines is 5. The van der Waals surface area contributed by atoms with Crippen molar-refractivity contribution in [1.82, 2.24) is 0 Å². The molecule has 0 saturated heterocycles. The molecule has 0 N–H and O–H groups in total. The molecule has 63 heavy (non-hydrogen) atoms. The summed E-state index contributed by atoms with van der Waals surface area (Å²) < 4.78 is 0. The van der Waals surface area contributed by atoms with E-state index < -0.39 is 0 Å². The summed E-state index contributed by atoms with van der Waals surface area (Å²) in [6.07, 6.45) is 8.30. The molecule has 0 aliphatic rings. The van der Waals surface area contributed by atoms with Gasteiger partial charge in [-0.05, 0) is 114 Å². The minimum absolute atomic E-state index is 0.565. The van der Waals surface area contributed by atoms with E-state index in [1.807, 2.05) is 48.5 Å². The van der Waals surface area contributed by atoms with Crippen molar-refractivity contribution in [3.63, 3.8) is 0 Å². The van der Waals surface area contributed by atoms with Gasteiger partial charge in [0, 0.05) is 56.5 Å². The number of rotatable bonds is 11. The van der Waals surface area contributed by atoms with Crippen LogP contribution < -0.4 is 9.80 Å². The van der Waals surface area contributed by atoms with Gasteiger partial charge in [-0.15, -0.1) is 0 Å². The van der Waals surface area contributed by atoms with Crippen molar-refractivity contribution in [1.29, 1.82) is 10.5 Å². The van der Waals surface area contributed by atoms with Crippen molar-refractivity contribution >= 4 is 74.3 Å². The molecule has 0 aliphatic heterocycles. The molecule has 0 aliphatic carbocycles. The number of nitrogens with zero attached hydrogens (tertiary/aromatic N) is 4. The molecule has 0 spiro atoms. The molecule has 300 valence electrons. The summed E-state index contributed by atoms with van der Waals surface area (Å²) in [5.41, 5.74) is 14.3. The van der Waals surface area contributed by atoms with Crippen molar-refractivity contribution in [3.05, 3.63) is 244 Å². The lowest BCUT2D eigenvalue weighted by Gasteiger charge is -2.25. The molecule has 0 atom stereocenters. The van der Waals surface area contributed by atoms with E-state index in [2.05, 4.69) is 206 Å². The average Bonchev–Trinajstić information content (AvgIpc) is 3.33. The van der Waals surface area contributed by atoms with Gasteiger partial charge in [0.15, 0.2) is 0 Å². The Morgan fingerprint density at radius 2 is 0.746 bits per heavy atom. The molecule has 4 nitrogen and oxygen atoms in total. The van der Waals surface area contributed by atoms with E-state index in [0.717, 1.165) is 78.8 Å². The van der Waals surface area contributed by atoms with Crippen LogP contribution in [0.4, 0.5) is 28.4 Å². The minimum atomic E-state index is 0.565. The first-order chi connectivity index (χ1) is 30.9. The lowest BCUT2D eigenvalue weighted by Crippen LogP contribution is -2.16. The van der Waals surface area contributed by atoms with Gasteiger partial charge < -0.3 is 9.80 Å². The maximum atomic E-state index is 10.5. The second-order valence-electron chi connectivity index (χ2n) is 15.8. The number of nitriles is 2. The summed E-state index contributed by atoms with van der Waals surface area (Å²) in [6, 6.07) is 72.2. The number of aryl methyl sites for hydroxylation is 2. The van der Waals surface area contributed by atoms with Gasteiger partial charge in [-0.1, -0.05) is 157 Å². The molecule has 9 aromatic rings. The molecule has 4 heteroatoms. The van der Waals surface area contributed by atoms with Crippen LogP contribution in [-0.2, 0) is 6.54 Å². The first-order valence-electron chi connectivity index (χ1n) is 21.1. The topological polar surface area (TPSA) is 54.1 Å². The quantitative estimate of drug-likeness (QED) is 0.0965. The van der Waals surface area contributed by atoms with Crippen molar-refractivity contribution in [2.45, 2.75) is 20.4 Å². The van der Waals surface area contributed by atoms with Crippen LogP contribution in [0.1, 0.15) is 50.1 Å². The maximum absolute atomic E-state index is 10.5. The fourth-order valence-electron chi connectivity index (χ4n) is 8.14. The van der Waals surface area contributed by atoms with Crippen LogP contribution in [0.5, 0.6) is 0 Å². The second kappa shape index (κ2) is 18.0. The number of para-hydroxylation sites is 1. The lowest BCUT2D eigenvalue weighted by atomic mass is 9.90. The molecule has 0 heterocycles. The summed E-state index contributed by atoms with van der Waals surface area (Å²) in [4.78, 5) is 4.58. The van der Waals surface area contributed by atoms with Gasteiger partial charge in [-0.2, -0.15) is 10.5 Å². The Morgan fingerprint density at radius 1 is 0.381 bits per heavy atom. The predicted octanol–water partition coefficient (Wildman–Crippen LogP) is 15.5. The van der Waals surface area contributed by atoms with Crippen molar-refractivity contribution < 1.29 is 0 Å². The van der Waals surface area contributed by atoms with Gasteiger partial charge in [0.2, 0.25) is 0 Å². The molecule has 0 amide bonds. The SMILES string of the molecule is Cc1ccc(N(Cc2ccccc2)c2ccc(/C=C\c3ccc4c(C#N)c5cc(/C=C\c6ccc(N(c7ccccc7)c7ccc(C)cc7)cc6)ccc5c(C#N)c4c3)cc2)cc1. The van der Waals surface area contributed by atoms with E-state index in [1.54, 1.807) is 0 Å². The zero-order valence-electron chi connectivity index (χ0n) is 35.3. The zero-order valence-corrected chi connectivity index (χ0v) is 35.3. The highest BCUT2D eigenvalue weighted by atomic mass is 15.1. The Labute approximate surface area is 369 Å². The Balaban J connectivity index is 0.962. The largest absolute Gasteiger partial charge is 0.337 e. The van der Waals surface area contributed by atoms with Crippen LogP contribution in [0.2, 0.25) is 0 Å². The molecular weight excluding hydrogens is 765 g/mol. The number of benzene rings is 9. The smallest absolute Gasteiger partial charge is 0.100 e. The first-order valence-corrected chi connectivity index (χ1v) is 21.1. The van der Waals surface area contributed by atoms with E-state index in [4.69, 9.17) is 0 Å². The van der Waals surface area contributed by atoms with Crippen molar-refractivity contribution in [2.75, 3.05) is 9.80 Å². The molecule has 0 saturated carbocycles. The van der Waals surface area contributed by atoms with Gasteiger partial charge in [0.25, 0.3) is 0 Å². The van der Waals surface area contributed by atoms with Crippen LogP contribution >= 0.6 is 0 Å². The van der Waals surface area contributed by atoms with E-state index >= 15 is 0 Å². The van der Waals surface area contributed by atoms with Crippen LogP contribution in [-0.4, -0.2) is 0 Å². The Bertz CT molecular complexity index is 3190. The molecule has 0 radical (unpaired) electrons. The number of fused-ring (bicyclic) bond motifs is 2. The third-order valence-corrected chi connectivity index (χ3v) is 11.5. The van der Waals surface area contributed by atoms with Gasteiger partial charge in [-0.25, -0.2) is 0 Å². The second-order valence-corrected chi connectivity index (χ2v) is 15.8. The Hall–Kier alpha value is -8.44. The highest BCUT2D eigenvalue weighted by Crippen LogP contribution is 2.37. The van der Waals surface area contributed by atoms with E-state index in [0.29, 0.717) is 11.1 Å². The molecule has 0 unspecified atom stereocenters.